The number of aromatic nitrogens is 2. The van der Waals surface area contributed by atoms with Crippen molar-refractivity contribution in [2.24, 2.45) is 5.92 Å². The van der Waals surface area contributed by atoms with Crippen molar-refractivity contribution in [2.45, 2.75) is 68.6 Å². The van der Waals surface area contributed by atoms with Crippen LogP contribution in [0.1, 0.15) is 49.8 Å². The maximum Gasteiger partial charge on any atom is 0.228 e. The van der Waals surface area contributed by atoms with E-state index in [-0.39, 0.29) is 28.8 Å². The molecule has 1 heterocycles. The van der Waals surface area contributed by atoms with Gasteiger partial charge in [-0.05, 0) is 43.4 Å². The Morgan fingerprint density at radius 2 is 1.94 bits per heavy atom. The number of hydrogen-bond donors (Lipinski definition) is 0. The van der Waals surface area contributed by atoms with Gasteiger partial charge in [0.25, 0.3) is 0 Å². The molecule has 0 atom stereocenters. The minimum atomic E-state index is -3.72. The second-order valence-electron chi connectivity index (χ2n) is 8.97. The van der Waals surface area contributed by atoms with Crippen LogP contribution in [0.5, 0.6) is 5.75 Å². The fraction of sp³-hybridized carbons (Fsp3) is 0.583. The van der Waals surface area contributed by atoms with Gasteiger partial charge in [0.2, 0.25) is 20.9 Å². The van der Waals surface area contributed by atoms with Crippen LogP contribution in [0.2, 0.25) is 0 Å². The molecule has 1 amide bonds. The van der Waals surface area contributed by atoms with E-state index in [1.165, 1.54) is 0 Å². The predicted octanol–water partition coefficient (Wildman–Crippen LogP) is 3.19. The lowest BCUT2D eigenvalue weighted by molar-refractivity contribution is -0.136. The lowest BCUT2D eigenvalue weighted by Gasteiger charge is -2.26. The van der Waals surface area contributed by atoms with Crippen molar-refractivity contribution < 1.29 is 22.7 Å². The summed E-state index contributed by atoms with van der Waals surface area (Å²) in [7, 11) is -0.582. The molecule has 0 saturated heterocycles. The average molecular weight is 476 g/mol. The van der Waals surface area contributed by atoms with Gasteiger partial charge in [-0.25, -0.2) is 13.4 Å². The van der Waals surface area contributed by atoms with Gasteiger partial charge in [-0.1, -0.05) is 25.0 Å². The molecule has 2 aliphatic rings. The Balaban J connectivity index is 1.60. The summed E-state index contributed by atoms with van der Waals surface area (Å²) in [5.74, 6) is 0.727. The maximum absolute atomic E-state index is 13.3. The summed E-state index contributed by atoms with van der Waals surface area (Å²) in [6, 6.07) is 7.28. The van der Waals surface area contributed by atoms with Gasteiger partial charge in [0, 0.05) is 25.6 Å². The van der Waals surface area contributed by atoms with Crippen LogP contribution in [0.15, 0.2) is 35.6 Å². The molecule has 2 aromatic rings. The van der Waals surface area contributed by atoms with Crippen molar-refractivity contribution in [1.82, 2.24) is 14.5 Å². The van der Waals surface area contributed by atoms with Crippen LogP contribution in [0.3, 0.4) is 0 Å². The largest absolute Gasteiger partial charge is 0.497 e. The lowest BCUT2D eigenvalue weighted by atomic mass is 10.1. The van der Waals surface area contributed by atoms with Gasteiger partial charge in [0.15, 0.2) is 0 Å². The van der Waals surface area contributed by atoms with E-state index in [0.717, 1.165) is 44.2 Å². The van der Waals surface area contributed by atoms with E-state index in [9.17, 15) is 13.2 Å². The number of carbonyl (C=O) groups is 1. The number of ether oxygens (including phenoxy) is 2. The molecule has 1 aromatic heterocycles. The third-order valence-electron chi connectivity index (χ3n) is 6.50. The molecular weight excluding hydrogens is 442 g/mol. The molecule has 33 heavy (non-hydrogen) atoms. The van der Waals surface area contributed by atoms with Crippen LogP contribution in [0.25, 0.3) is 0 Å². The summed E-state index contributed by atoms with van der Waals surface area (Å²) >= 11 is 0. The van der Waals surface area contributed by atoms with Crippen molar-refractivity contribution in [2.75, 3.05) is 20.8 Å². The molecule has 0 aliphatic heterocycles. The van der Waals surface area contributed by atoms with Gasteiger partial charge in [-0.3, -0.25) is 4.79 Å². The molecule has 0 N–H and O–H groups in total. The van der Waals surface area contributed by atoms with Gasteiger partial charge >= 0.3 is 0 Å². The highest BCUT2D eigenvalue weighted by molar-refractivity contribution is 7.90. The highest BCUT2D eigenvalue weighted by Crippen LogP contribution is 2.34. The third kappa shape index (κ3) is 5.58. The highest BCUT2D eigenvalue weighted by Gasteiger charge is 2.37. The third-order valence-corrected chi connectivity index (χ3v) is 8.09. The molecule has 2 saturated carbocycles. The van der Waals surface area contributed by atoms with Gasteiger partial charge in [0.1, 0.15) is 5.75 Å². The van der Waals surface area contributed by atoms with E-state index in [1.54, 1.807) is 49.2 Å². The van der Waals surface area contributed by atoms with Crippen LogP contribution < -0.4 is 4.74 Å². The van der Waals surface area contributed by atoms with Crippen molar-refractivity contribution in [1.29, 1.82) is 0 Å². The standard InChI is InChI=1S/C24H33N3O5S/c1-31-13-12-26-21(16-27(20-10-11-20)23(28)19-7-3-4-8-19)15-25-24(26)33(29,30)17-18-6-5-9-22(14-18)32-2/h5-6,9,14-15,19-20H,3-4,7-8,10-13,16-17H2,1-2H3. The Kier molecular flexibility index (Phi) is 7.38. The zero-order valence-electron chi connectivity index (χ0n) is 19.4. The molecule has 8 nitrogen and oxygen atoms in total. The Hall–Kier alpha value is -2.39. The van der Waals surface area contributed by atoms with Gasteiger partial charge in [0.05, 0.1) is 37.9 Å². The number of amides is 1. The fourth-order valence-corrected chi connectivity index (χ4v) is 6.09. The summed E-state index contributed by atoms with van der Waals surface area (Å²) in [6.45, 7) is 1.09. The number of nitrogens with zero attached hydrogens (tertiary/aromatic N) is 3. The Bertz CT molecular complexity index is 1070. The first-order chi connectivity index (χ1) is 15.9. The molecule has 180 valence electrons. The topological polar surface area (TPSA) is 90.7 Å². The van der Waals surface area contributed by atoms with Crippen LogP contribution in [0, 0.1) is 5.92 Å². The zero-order chi connectivity index (χ0) is 23.4. The lowest BCUT2D eigenvalue weighted by Crippen LogP contribution is -2.37. The monoisotopic (exact) mass is 475 g/mol. The molecule has 4 rings (SSSR count). The summed E-state index contributed by atoms with van der Waals surface area (Å²) in [6.07, 6.45) is 7.72. The number of methoxy groups -OCH3 is 2. The summed E-state index contributed by atoms with van der Waals surface area (Å²) in [4.78, 5) is 19.5. The van der Waals surface area contributed by atoms with Gasteiger partial charge < -0.3 is 18.9 Å². The SMILES string of the molecule is COCCn1c(CN(C(=O)C2CCCC2)C2CC2)cnc1S(=O)(=O)Cc1cccc(OC)c1. The smallest absolute Gasteiger partial charge is 0.228 e. The van der Waals surface area contributed by atoms with Crippen LogP contribution >= 0.6 is 0 Å². The van der Waals surface area contributed by atoms with Gasteiger partial charge in [-0.2, -0.15) is 0 Å². The predicted molar refractivity (Wildman–Crippen MR) is 124 cm³/mol. The second kappa shape index (κ2) is 10.3. The molecular formula is C24H33N3O5S. The van der Waals surface area contributed by atoms with Crippen molar-refractivity contribution in [3.8, 4) is 5.75 Å². The Labute approximate surface area is 195 Å². The van der Waals surface area contributed by atoms with Crippen LogP contribution in [-0.4, -0.2) is 55.6 Å². The number of imidazole rings is 1. The highest BCUT2D eigenvalue weighted by atomic mass is 32.2. The minimum Gasteiger partial charge on any atom is -0.497 e. The minimum absolute atomic E-state index is 0.0152. The summed E-state index contributed by atoms with van der Waals surface area (Å²) in [5, 5.41) is 0.0152. The van der Waals surface area contributed by atoms with Crippen molar-refractivity contribution in [3.05, 3.63) is 41.7 Å². The first kappa shape index (κ1) is 23.8. The number of hydrogen-bond acceptors (Lipinski definition) is 6. The number of rotatable bonds is 11. The summed E-state index contributed by atoms with van der Waals surface area (Å²) in [5.41, 5.74) is 1.36. The molecule has 2 fully saturated rings. The second-order valence-corrected chi connectivity index (χ2v) is 10.8. The molecule has 2 aliphatic carbocycles. The number of carbonyl (C=O) groups excluding carboxylic acids is 1. The number of sulfone groups is 1. The van der Waals surface area contributed by atoms with E-state index < -0.39 is 9.84 Å². The van der Waals surface area contributed by atoms with E-state index in [0.29, 0.717) is 31.0 Å². The van der Waals surface area contributed by atoms with Crippen LogP contribution in [0.4, 0.5) is 0 Å². The maximum atomic E-state index is 13.3. The quantitative estimate of drug-likeness (QED) is 0.496. The van der Waals surface area contributed by atoms with E-state index in [1.807, 2.05) is 4.90 Å². The molecule has 9 heteroatoms. The van der Waals surface area contributed by atoms with E-state index >= 15 is 0 Å². The normalized spacial score (nSPS) is 16.8. The van der Waals surface area contributed by atoms with Crippen LogP contribution in [-0.2, 0) is 38.2 Å². The average Bonchev–Trinajstić information content (AvgIpc) is 3.32. The molecule has 0 bridgehead atoms. The zero-order valence-corrected chi connectivity index (χ0v) is 20.2. The molecule has 0 unspecified atom stereocenters. The van der Waals surface area contributed by atoms with Crippen molar-refractivity contribution in [3.63, 3.8) is 0 Å². The molecule has 1 aromatic carbocycles. The van der Waals surface area contributed by atoms with Crippen molar-refractivity contribution >= 4 is 15.7 Å². The molecule has 0 spiro atoms. The van der Waals surface area contributed by atoms with Gasteiger partial charge in [-0.15, -0.1) is 0 Å². The number of benzene rings is 1. The first-order valence-electron chi connectivity index (χ1n) is 11.6. The fourth-order valence-electron chi connectivity index (χ4n) is 4.59. The van der Waals surface area contributed by atoms with E-state index in [2.05, 4.69) is 4.98 Å². The molecule has 0 radical (unpaired) electrons. The summed E-state index contributed by atoms with van der Waals surface area (Å²) < 4.78 is 38.8. The first-order valence-corrected chi connectivity index (χ1v) is 13.3. The Morgan fingerprint density at radius 1 is 1.18 bits per heavy atom. The Morgan fingerprint density at radius 3 is 2.61 bits per heavy atom. The van der Waals surface area contributed by atoms with E-state index in [4.69, 9.17) is 9.47 Å².